The lowest BCUT2D eigenvalue weighted by Gasteiger charge is -2.20. The molecule has 0 heterocycles. The van der Waals surface area contributed by atoms with E-state index < -0.39 is 18.8 Å². The summed E-state index contributed by atoms with van der Waals surface area (Å²) in [7, 11) is 1.51. The molecular weight excluding hydrogens is 233 g/mol. The van der Waals surface area contributed by atoms with Crippen molar-refractivity contribution in [2.24, 2.45) is 5.73 Å². The van der Waals surface area contributed by atoms with Crippen LogP contribution in [0.3, 0.4) is 0 Å². The fraction of sp³-hybridized carbons (Fsp3) is 0.308. The third-order valence-corrected chi connectivity index (χ3v) is 2.50. The molecule has 18 heavy (non-hydrogen) atoms. The topological polar surface area (TPSA) is 71.1 Å². The highest BCUT2D eigenvalue weighted by molar-refractivity contribution is 5.68. The summed E-state index contributed by atoms with van der Waals surface area (Å²) in [5, 5.41) is 9.83. The standard InChI is InChI=1S/C13H18FN3O/c1-18-13(12(16)9-14)10-3-5-11(6-4-10)17-8-2-7-15/h2-8,12-13,15,17H,9,16H2,1H3/b8-2-,15-7?/t12-,13?/m1/s1. The van der Waals surface area contributed by atoms with E-state index >= 15 is 0 Å². The number of rotatable bonds is 7. The monoisotopic (exact) mass is 251 g/mol. The van der Waals surface area contributed by atoms with Crippen molar-refractivity contribution in [1.82, 2.24) is 0 Å². The largest absolute Gasteiger partial charge is 0.375 e. The first-order valence-electron chi connectivity index (χ1n) is 5.59. The van der Waals surface area contributed by atoms with Crippen molar-refractivity contribution >= 4 is 11.9 Å². The normalized spacial score (nSPS) is 14.4. The van der Waals surface area contributed by atoms with Gasteiger partial charge in [-0.15, -0.1) is 0 Å². The van der Waals surface area contributed by atoms with Crippen LogP contribution in [0, 0.1) is 5.41 Å². The van der Waals surface area contributed by atoms with E-state index in [4.69, 9.17) is 15.9 Å². The molecule has 4 nitrogen and oxygen atoms in total. The first-order chi connectivity index (χ1) is 8.72. The number of nitrogens with one attached hydrogen (secondary N) is 2. The van der Waals surface area contributed by atoms with Crippen LogP contribution < -0.4 is 11.1 Å². The molecule has 0 radical (unpaired) electrons. The molecule has 0 fully saturated rings. The molecule has 0 aliphatic carbocycles. The number of hydrogen-bond donors (Lipinski definition) is 3. The molecule has 98 valence electrons. The van der Waals surface area contributed by atoms with E-state index in [2.05, 4.69) is 5.32 Å². The Morgan fingerprint density at radius 1 is 1.44 bits per heavy atom. The molecule has 0 aliphatic rings. The molecule has 0 amide bonds. The van der Waals surface area contributed by atoms with Crippen molar-refractivity contribution in [3.05, 3.63) is 42.1 Å². The van der Waals surface area contributed by atoms with Gasteiger partial charge in [-0.3, -0.25) is 0 Å². The minimum absolute atomic E-state index is 0.443. The van der Waals surface area contributed by atoms with E-state index in [9.17, 15) is 4.39 Å². The number of nitrogens with two attached hydrogens (primary N) is 1. The van der Waals surface area contributed by atoms with E-state index in [0.717, 1.165) is 11.3 Å². The lowest BCUT2D eigenvalue weighted by Crippen LogP contribution is -2.31. The van der Waals surface area contributed by atoms with Crippen molar-refractivity contribution < 1.29 is 9.13 Å². The van der Waals surface area contributed by atoms with Gasteiger partial charge >= 0.3 is 0 Å². The molecule has 1 rings (SSSR count). The second kappa shape index (κ2) is 7.58. The summed E-state index contributed by atoms with van der Waals surface area (Å²) in [5.74, 6) is 0. The summed E-state index contributed by atoms with van der Waals surface area (Å²) >= 11 is 0. The molecule has 1 aromatic rings. The van der Waals surface area contributed by atoms with Gasteiger partial charge in [-0.05, 0) is 23.8 Å². The quantitative estimate of drug-likeness (QED) is 0.651. The highest BCUT2D eigenvalue weighted by Gasteiger charge is 2.18. The minimum Gasteiger partial charge on any atom is -0.375 e. The zero-order valence-electron chi connectivity index (χ0n) is 10.3. The molecule has 0 bridgehead atoms. The molecule has 2 atom stereocenters. The van der Waals surface area contributed by atoms with E-state index in [1.54, 1.807) is 12.3 Å². The Kier molecular flexibility index (Phi) is 6.04. The first kappa shape index (κ1) is 14.3. The predicted octanol–water partition coefficient (Wildman–Crippen LogP) is 2.25. The molecule has 4 N–H and O–H groups in total. The number of allylic oxidation sites excluding steroid dienone is 1. The van der Waals surface area contributed by atoms with Gasteiger partial charge in [0.05, 0.1) is 12.1 Å². The summed E-state index contributed by atoms with van der Waals surface area (Å²) in [4.78, 5) is 0. The molecule has 0 aromatic heterocycles. The number of methoxy groups -OCH3 is 1. The van der Waals surface area contributed by atoms with Crippen LogP contribution in [0.5, 0.6) is 0 Å². The van der Waals surface area contributed by atoms with Gasteiger partial charge in [-0.25, -0.2) is 4.39 Å². The second-order valence-corrected chi connectivity index (χ2v) is 3.77. The minimum atomic E-state index is -0.661. The summed E-state index contributed by atoms with van der Waals surface area (Å²) in [5.41, 5.74) is 7.36. The van der Waals surface area contributed by atoms with Crippen LogP contribution in [0.2, 0.25) is 0 Å². The maximum absolute atomic E-state index is 12.5. The Labute approximate surface area is 106 Å². The Hall–Kier alpha value is -1.72. The van der Waals surface area contributed by atoms with Gasteiger partial charge < -0.3 is 21.2 Å². The van der Waals surface area contributed by atoms with Crippen LogP contribution in [-0.4, -0.2) is 26.0 Å². The number of halogens is 1. The summed E-state index contributed by atoms with van der Waals surface area (Å²) in [6, 6.07) is 6.71. The summed E-state index contributed by atoms with van der Waals surface area (Å²) in [6.45, 7) is -0.624. The van der Waals surface area contributed by atoms with Crippen LogP contribution in [0.4, 0.5) is 10.1 Å². The van der Waals surface area contributed by atoms with Gasteiger partial charge in [0.1, 0.15) is 6.67 Å². The van der Waals surface area contributed by atoms with Crippen LogP contribution in [0.15, 0.2) is 36.5 Å². The zero-order valence-corrected chi connectivity index (χ0v) is 10.3. The average Bonchev–Trinajstić information content (AvgIpc) is 2.41. The van der Waals surface area contributed by atoms with Crippen molar-refractivity contribution in [2.75, 3.05) is 19.1 Å². The molecule has 1 unspecified atom stereocenters. The summed E-state index contributed by atoms with van der Waals surface area (Å²) in [6.07, 6.45) is 3.97. The molecule has 0 aliphatic heterocycles. The lowest BCUT2D eigenvalue weighted by molar-refractivity contribution is 0.0721. The third kappa shape index (κ3) is 3.94. The van der Waals surface area contributed by atoms with E-state index in [1.165, 1.54) is 13.3 Å². The van der Waals surface area contributed by atoms with Gasteiger partial charge in [0.25, 0.3) is 0 Å². The molecule has 0 saturated heterocycles. The van der Waals surface area contributed by atoms with E-state index in [1.807, 2.05) is 24.3 Å². The van der Waals surface area contributed by atoms with Gasteiger partial charge in [0, 0.05) is 25.2 Å². The number of benzene rings is 1. The number of ether oxygens (including phenoxy) is 1. The Bertz CT molecular complexity index is 392. The maximum atomic E-state index is 12.5. The molecule has 1 aromatic carbocycles. The van der Waals surface area contributed by atoms with Crippen molar-refractivity contribution in [3.8, 4) is 0 Å². The van der Waals surface area contributed by atoms with E-state index in [-0.39, 0.29) is 0 Å². The van der Waals surface area contributed by atoms with Gasteiger partial charge in [0.2, 0.25) is 0 Å². The molecule has 0 saturated carbocycles. The first-order valence-corrected chi connectivity index (χ1v) is 5.59. The number of hydrogen-bond acceptors (Lipinski definition) is 4. The van der Waals surface area contributed by atoms with E-state index in [0.29, 0.717) is 0 Å². The van der Waals surface area contributed by atoms with Gasteiger partial charge in [-0.1, -0.05) is 12.1 Å². The zero-order chi connectivity index (χ0) is 13.4. The van der Waals surface area contributed by atoms with Crippen LogP contribution in [0.1, 0.15) is 11.7 Å². The second-order valence-electron chi connectivity index (χ2n) is 3.77. The molecule has 5 heteroatoms. The highest BCUT2D eigenvalue weighted by Crippen LogP contribution is 2.21. The maximum Gasteiger partial charge on any atom is 0.107 e. The van der Waals surface area contributed by atoms with Gasteiger partial charge in [0.15, 0.2) is 0 Å². The lowest BCUT2D eigenvalue weighted by atomic mass is 10.0. The van der Waals surface area contributed by atoms with Crippen molar-refractivity contribution in [1.29, 1.82) is 5.41 Å². The number of alkyl halides is 1. The number of anilines is 1. The predicted molar refractivity (Wildman–Crippen MR) is 71.7 cm³/mol. The van der Waals surface area contributed by atoms with Crippen LogP contribution in [-0.2, 0) is 4.74 Å². The fourth-order valence-corrected chi connectivity index (χ4v) is 1.60. The highest BCUT2D eigenvalue weighted by atomic mass is 19.1. The Morgan fingerprint density at radius 2 is 2.11 bits per heavy atom. The fourth-order valence-electron chi connectivity index (χ4n) is 1.60. The smallest absolute Gasteiger partial charge is 0.107 e. The van der Waals surface area contributed by atoms with Crippen molar-refractivity contribution in [3.63, 3.8) is 0 Å². The summed E-state index contributed by atoms with van der Waals surface area (Å²) < 4.78 is 17.7. The van der Waals surface area contributed by atoms with Crippen molar-refractivity contribution in [2.45, 2.75) is 12.1 Å². The third-order valence-electron chi connectivity index (χ3n) is 2.50. The van der Waals surface area contributed by atoms with Gasteiger partial charge in [-0.2, -0.15) is 0 Å². The van der Waals surface area contributed by atoms with Crippen LogP contribution in [0.25, 0.3) is 0 Å². The Morgan fingerprint density at radius 3 is 2.61 bits per heavy atom. The SMILES string of the molecule is COC(c1ccc(N/C=C\C=N)cc1)[C@H](N)CF. The molecule has 0 spiro atoms. The molecular formula is C13H18FN3O. The Balaban J connectivity index is 2.74. The average molecular weight is 251 g/mol. The van der Waals surface area contributed by atoms with Crippen LogP contribution >= 0.6 is 0 Å².